The van der Waals surface area contributed by atoms with Crippen molar-refractivity contribution in [3.8, 4) is 22.6 Å². The lowest BCUT2D eigenvalue weighted by atomic mass is 10.0. The first-order valence-electron chi connectivity index (χ1n) is 11.0. The summed E-state index contributed by atoms with van der Waals surface area (Å²) in [6, 6.07) is 8.82. The molecule has 1 aliphatic heterocycles. The van der Waals surface area contributed by atoms with Crippen molar-refractivity contribution in [1.29, 1.82) is 0 Å². The lowest BCUT2D eigenvalue weighted by molar-refractivity contribution is -0.385. The highest BCUT2D eigenvalue weighted by Gasteiger charge is 2.37. The number of nitro benzene ring substituents is 1. The van der Waals surface area contributed by atoms with E-state index in [1.165, 1.54) is 32.1 Å². The summed E-state index contributed by atoms with van der Waals surface area (Å²) in [6.07, 6.45) is -0.222. The molecule has 0 fully saturated rings. The monoisotopic (exact) mass is 495 g/mol. The molecule has 2 N–H and O–H groups in total. The lowest BCUT2D eigenvalue weighted by Crippen LogP contribution is -2.24. The first kappa shape index (κ1) is 24.7. The quantitative estimate of drug-likeness (QED) is 0.339. The second-order valence-corrected chi connectivity index (χ2v) is 8.13. The van der Waals surface area contributed by atoms with Gasteiger partial charge in [-0.2, -0.15) is 5.10 Å². The number of nitrogens with zero attached hydrogens (tertiary/aromatic N) is 3. The molecule has 3 aromatic rings. The van der Waals surface area contributed by atoms with Crippen LogP contribution in [-0.4, -0.2) is 47.8 Å². The van der Waals surface area contributed by atoms with E-state index in [2.05, 4.69) is 15.7 Å². The predicted molar refractivity (Wildman–Crippen MR) is 130 cm³/mol. The SMILES string of the molecule is COCc1nn2c(c1-c1ccc(OC)c(OC)c1)NC(=O)C2CC(=O)Nc1ccc(C)c([N+](=O)[O-])c1. The number of hydrogen-bond donors (Lipinski definition) is 2. The molecule has 2 heterocycles. The minimum atomic E-state index is -0.912. The van der Waals surface area contributed by atoms with E-state index in [9.17, 15) is 19.7 Å². The van der Waals surface area contributed by atoms with Gasteiger partial charge in [0.15, 0.2) is 11.5 Å². The predicted octanol–water partition coefficient (Wildman–Crippen LogP) is 3.45. The Morgan fingerprint density at radius 2 is 1.92 bits per heavy atom. The van der Waals surface area contributed by atoms with E-state index in [1.54, 1.807) is 31.2 Å². The molecule has 1 aliphatic rings. The molecule has 12 nitrogen and oxygen atoms in total. The highest BCUT2D eigenvalue weighted by atomic mass is 16.6. The van der Waals surface area contributed by atoms with Gasteiger partial charge in [0, 0.05) is 24.4 Å². The number of aryl methyl sites for hydroxylation is 1. The Morgan fingerprint density at radius 3 is 2.58 bits per heavy atom. The Balaban J connectivity index is 1.63. The maximum Gasteiger partial charge on any atom is 0.274 e. The van der Waals surface area contributed by atoms with Gasteiger partial charge in [-0.25, -0.2) is 4.68 Å². The molecule has 188 valence electrons. The van der Waals surface area contributed by atoms with Crippen molar-refractivity contribution in [3.63, 3.8) is 0 Å². The molecule has 4 rings (SSSR count). The van der Waals surface area contributed by atoms with Crippen molar-refractivity contribution in [1.82, 2.24) is 9.78 Å². The van der Waals surface area contributed by atoms with Crippen LogP contribution in [0.5, 0.6) is 11.5 Å². The summed E-state index contributed by atoms with van der Waals surface area (Å²) in [6.45, 7) is 1.78. The largest absolute Gasteiger partial charge is 0.493 e. The van der Waals surface area contributed by atoms with Gasteiger partial charge in [-0.15, -0.1) is 0 Å². The second-order valence-electron chi connectivity index (χ2n) is 8.13. The zero-order chi connectivity index (χ0) is 26.0. The van der Waals surface area contributed by atoms with Crippen LogP contribution >= 0.6 is 0 Å². The van der Waals surface area contributed by atoms with Crippen LogP contribution in [0.1, 0.15) is 23.7 Å². The van der Waals surface area contributed by atoms with E-state index in [-0.39, 0.29) is 24.4 Å². The minimum absolute atomic E-state index is 0.107. The Bertz CT molecular complexity index is 1350. The number of rotatable bonds is 9. The van der Waals surface area contributed by atoms with Gasteiger partial charge >= 0.3 is 0 Å². The van der Waals surface area contributed by atoms with Crippen LogP contribution in [0.3, 0.4) is 0 Å². The molecule has 1 unspecified atom stereocenters. The lowest BCUT2D eigenvalue weighted by Gasteiger charge is -2.11. The normalized spacial score (nSPS) is 14.2. The number of fused-ring (bicyclic) bond motifs is 1. The number of carbonyl (C=O) groups excluding carboxylic acids is 2. The van der Waals surface area contributed by atoms with Crippen molar-refractivity contribution in [2.45, 2.75) is 26.0 Å². The number of ether oxygens (including phenoxy) is 3. The summed E-state index contributed by atoms with van der Waals surface area (Å²) in [5, 5.41) is 21.2. The van der Waals surface area contributed by atoms with Crippen molar-refractivity contribution in [2.24, 2.45) is 0 Å². The molecule has 1 atom stereocenters. The van der Waals surface area contributed by atoms with Crippen LogP contribution in [-0.2, 0) is 20.9 Å². The third kappa shape index (κ3) is 4.58. The van der Waals surface area contributed by atoms with Crippen molar-refractivity contribution in [2.75, 3.05) is 32.0 Å². The molecule has 12 heteroatoms. The maximum atomic E-state index is 12.8. The Kier molecular flexibility index (Phi) is 6.88. The van der Waals surface area contributed by atoms with Crippen molar-refractivity contribution < 1.29 is 28.7 Å². The summed E-state index contributed by atoms with van der Waals surface area (Å²) < 4.78 is 17.5. The highest BCUT2D eigenvalue weighted by Crippen LogP contribution is 2.41. The first-order chi connectivity index (χ1) is 17.3. The van der Waals surface area contributed by atoms with Crippen LogP contribution in [0.25, 0.3) is 11.1 Å². The second kappa shape index (κ2) is 10.0. The van der Waals surface area contributed by atoms with E-state index < -0.39 is 22.8 Å². The maximum absolute atomic E-state index is 12.8. The molecule has 2 aromatic carbocycles. The Morgan fingerprint density at radius 1 is 1.17 bits per heavy atom. The van der Waals surface area contributed by atoms with Gasteiger partial charge in [-0.3, -0.25) is 19.7 Å². The summed E-state index contributed by atoms with van der Waals surface area (Å²) in [7, 11) is 4.60. The van der Waals surface area contributed by atoms with Crippen LogP contribution < -0.4 is 20.1 Å². The van der Waals surface area contributed by atoms with Crippen LogP contribution in [0.15, 0.2) is 36.4 Å². The fourth-order valence-corrected chi connectivity index (χ4v) is 4.12. The van der Waals surface area contributed by atoms with Gasteiger partial charge in [-0.05, 0) is 30.7 Å². The summed E-state index contributed by atoms with van der Waals surface area (Å²) in [5.74, 6) is 0.605. The van der Waals surface area contributed by atoms with E-state index >= 15 is 0 Å². The molecule has 0 aliphatic carbocycles. The Labute approximate surface area is 206 Å². The Hall–Kier alpha value is -4.45. The fraction of sp³-hybridized carbons (Fsp3) is 0.292. The number of anilines is 2. The highest BCUT2D eigenvalue weighted by molar-refractivity contribution is 6.04. The molecule has 2 amide bonds. The smallest absolute Gasteiger partial charge is 0.274 e. The van der Waals surface area contributed by atoms with Gasteiger partial charge in [0.05, 0.1) is 43.4 Å². The first-order valence-corrected chi connectivity index (χ1v) is 11.0. The average molecular weight is 495 g/mol. The zero-order valence-electron chi connectivity index (χ0n) is 20.2. The summed E-state index contributed by atoms with van der Waals surface area (Å²) in [4.78, 5) is 36.3. The van der Waals surface area contributed by atoms with Crippen LogP contribution in [0.4, 0.5) is 17.2 Å². The van der Waals surface area contributed by atoms with Crippen LogP contribution in [0.2, 0.25) is 0 Å². The minimum Gasteiger partial charge on any atom is -0.493 e. The standard InChI is InChI=1S/C24H25N5O7/c1-13-5-7-15(10-17(13)29(32)33)25-21(30)11-18-24(31)26-23-22(16(12-34-2)27-28(18)23)14-6-8-19(35-3)20(9-14)36-4/h5-10,18H,11-12H2,1-4H3,(H,25,30)(H,26,31). The molecule has 0 spiro atoms. The molecular formula is C24H25N5O7. The zero-order valence-corrected chi connectivity index (χ0v) is 20.2. The third-order valence-corrected chi connectivity index (χ3v) is 5.84. The number of benzene rings is 2. The van der Waals surface area contributed by atoms with E-state index in [1.807, 2.05) is 6.07 Å². The van der Waals surface area contributed by atoms with Crippen molar-refractivity contribution in [3.05, 3.63) is 57.8 Å². The topological polar surface area (TPSA) is 147 Å². The molecular weight excluding hydrogens is 470 g/mol. The van der Waals surface area contributed by atoms with Gasteiger partial charge < -0.3 is 24.8 Å². The molecule has 36 heavy (non-hydrogen) atoms. The fourth-order valence-electron chi connectivity index (χ4n) is 4.12. The van der Waals surface area contributed by atoms with E-state index in [0.29, 0.717) is 34.1 Å². The molecule has 1 aromatic heterocycles. The summed E-state index contributed by atoms with van der Waals surface area (Å²) in [5.41, 5.74) is 2.57. The van der Waals surface area contributed by atoms with Gasteiger partial charge in [-0.1, -0.05) is 12.1 Å². The van der Waals surface area contributed by atoms with Gasteiger partial charge in [0.2, 0.25) is 5.91 Å². The number of nitro groups is 1. The summed E-state index contributed by atoms with van der Waals surface area (Å²) >= 11 is 0. The van der Waals surface area contributed by atoms with Gasteiger partial charge in [0.25, 0.3) is 11.6 Å². The van der Waals surface area contributed by atoms with Gasteiger partial charge in [0.1, 0.15) is 11.9 Å². The van der Waals surface area contributed by atoms with E-state index in [0.717, 1.165) is 5.56 Å². The molecule has 0 bridgehead atoms. The van der Waals surface area contributed by atoms with E-state index in [4.69, 9.17) is 14.2 Å². The van der Waals surface area contributed by atoms with Crippen molar-refractivity contribution >= 4 is 29.0 Å². The molecule has 0 saturated heterocycles. The number of aromatic nitrogens is 2. The average Bonchev–Trinajstić information content (AvgIpc) is 3.34. The number of amides is 2. The number of carbonyl (C=O) groups is 2. The molecule has 0 saturated carbocycles. The number of hydrogen-bond acceptors (Lipinski definition) is 8. The third-order valence-electron chi connectivity index (χ3n) is 5.84. The van der Waals surface area contributed by atoms with Crippen LogP contribution in [0, 0.1) is 17.0 Å². The molecule has 0 radical (unpaired) electrons. The number of nitrogens with one attached hydrogen (secondary N) is 2. The number of methoxy groups -OCH3 is 3.